The molecule has 0 saturated heterocycles. The van der Waals surface area contributed by atoms with Crippen molar-refractivity contribution in [2.45, 2.75) is 20.0 Å². The van der Waals surface area contributed by atoms with E-state index in [-0.39, 0.29) is 7.92 Å². The van der Waals surface area contributed by atoms with Crippen LogP contribution in [-0.2, 0) is 23.2 Å². The molecule has 23 heavy (non-hydrogen) atoms. The topological polar surface area (TPSA) is 20.2 Å². The summed E-state index contributed by atoms with van der Waals surface area (Å²) in [7, 11) is 10.0. The van der Waals surface area contributed by atoms with Crippen LogP contribution in [0.3, 0.4) is 0 Å². The van der Waals surface area contributed by atoms with Crippen molar-refractivity contribution in [3.8, 4) is 5.75 Å². The molecule has 2 aromatic rings. The molecular weight excluding hydrogens is 401 g/mol. The third-order valence-corrected chi connectivity index (χ3v) is 6.04. The SMILES string of the molecule is Cc1ccc(O)c(Pc2c(C)cccc2C[PH+](C)C)c1.[Cl][Ti][Cl]. The van der Waals surface area contributed by atoms with Gasteiger partial charge in [0.1, 0.15) is 5.75 Å². The fourth-order valence-electron chi connectivity index (χ4n) is 2.32. The first kappa shape index (κ1) is 21.4. The molecule has 6 heteroatoms. The number of hydrogen-bond donors (Lipinski definition) is 1. The van der Waals surface area contributed by atoms with Crippen LogP contribution in [0.25, 0.3) is 0 Å². The van der Waals surface area contributed by atoms with Crippen molar-refractivity contribution in [2.24, 2.45) is 0 Å². The fraction of sp³-hybridized carbons (Fsp3) is 0.294. The van der Waals surface area contributed by atoms with Crippen LogP contribution in [0.4, 0.5) is 0 Å². The maximum atomic E-state index is 10.1. The molecule has 0 aliphatic carbocycles. The van der Waals surface area contributed by atoms with E-state index in [1.807, 2.05) is 12.1 Å². The third kappa shape index (κ3) is 7.44. The Hall–Kier alpha value is 0.394. The summed E-state index contributed by atoms with van der Waals surface area (Å²) in [6.07, 6.45) is 1.20. The predicted octanol–water partition coefficient (Wildman–Crippen LogP) is 4.99. The van der Waals surface area contributed by atoms with Gasteiger partial charge in [-0.1, -0.05) is 38.4 Å². The number of aromatic hydroxyl groups is 1. The zero-order valence-electron chi connectivity index (χ0n) is 13.9. The van der Waals surface area contributed by atoms with Crippen LogP contribution in [0, 0.1) is 13.8 Å². The Labute approximate surface area is 159 Å². The molecule has 0 bridgehead atoms. The molecule has 124 valence electrons. The van der Waals surface area contributed by atoms with Gasteiger partial charge in [-0.25, -0.2) is 0 Å². The van der Waals surface area contributed by atoms with Crippen LogP contribution in [0.2, 0.25) is 0 Å². The quantitative estimate of drug-likeness (QED) is 0.542. The maximum absolute atomic E-state index is 10.1. The Morgan fingerprint density at radius 3 is 2.39 bits per heavy atom. The van der Waals surface area contributed by atoms with E-state index in [9.17, 15) is 5.11 Å². The second-order valence-corrected chi connectivity index (χ2v) is 12.3. The number of hydrogen-bond acceptors (Lipinski definition) is 1. The van der Waals surface area contributed by atoms with E-state index in [1.165, 1.54) is 28.2 Å². The number of halogens is 2. The Morgan fingerprint density at radius 2 is 1.78 bits per heavy atom. The zero-order valence-corrected chi connectivity index (χ0v) is 18.9. The van der Waals surface area contributed by atoms with E-state index in [0.717, 1.165) is 5.30 Å². The van der Waals surface area contributed by atoms with Crippen LogP contribution < -0.4 is 10.6 Å². The van der Waals surface area contributed by atoms with Gasteiger partial charge in [-0.15, -0.1) is 0 Å². The van der Waals surface area contributed by atoms with Crippen molar-refractivity contribution in [1.82, 2.24) is 0 Å². The van der Waals surface area contributed by atoms with E-state index in [4.69, 9.17) is 18.6 Å². The average molecular weight is 424 g/mol. The number of phenols is 1. The van der Waals surface area contributed by atoms with E-state index in [2.05, 4.69) is 51.4 Å². The van der Waals surface area contributed by atoms with Crippen molar-refractivity contribution in [1.29, 1.82) is 0 Å². The molecule has 0 heterocycles. The van der Waals surface area contributed by atoms with Crippen LogP contribution in [-0.4, -0.2) is 18.4 Å². The summed E-state index contributed by atoms with van der Waals surface area (Å²) >= 11 is -0.556. The van der Waals surface area contributed by atoms with Gasteiger partial charge in [-0.2, -0.15) is 0 Å². The van der Waals surface area contributed by atoms with Crippen molar-refractivity contribution in [2.75, 3.05) is 13.3 Å². The van der Waals surface area contributed by atoms with Gasteiger partial charge < -0.3 is 5.11 Å². The van der Waals surface area contributed by atoms with E-state index in [0.29, 0.717) is 14.3 Å². The first-order valence-corrected chi connectivity index (χ1v) is 15.3. The predicted molar refractivity (Wildman–Crippen MR) is 107 cm³/mol. The minimum absolute atomic E-state index is 0.293. The molecule has 0 aliphatic rings. The number of rotatable bonds is 4. The van der Waals surface area contributed by atoms with Crippen LogP contribution in [0.5, 0.6) is 5.75 Å². The summed E-state index contributed by atoms with van der Waals surface area (Å²) in [4.78, 5) is 0. The summed E-state index contributed by atoms with van der Waals surface area (Å²) in [5.74, 6) is 0.418. The van der Waals surface area contributed by atoms with Crippen LogP contribution in [0.1, 0.15) is 16.7 Å². The molecule has 1 atom stereocenters. The van der Waals surface area contributed by atoms with Gasteiger partial charge in [0.25, 0.3) is 0 Å². The standard InChI is InChI=1S/C17H22OP2.2ClH.Ti/c1-12-8-9-15(18)16(10-12)19-17-13(2)6-5-7-14(17)11-20(3)4;;;/h5-10,18-19H,11H2,1-4H3;2*1H;/q;;;+2/p-1. The first-order valence-electron chi connectivity index (χ1n) is 7.29. The van der Waals surface area contributed by atoms with Gasteiger partial charge in [-0.05, 0) is 50.3 Å². The summed E-state index contributed by atoms with van der Waals surface area (Å²) < 4.78 is 0. The second kappa shape index (κ2) is 11.1. The minimum atomic E-state index is -0.556. The Kier molecular flexibility index (Phi) is 10.3. The molecule has 1 N–H and O–H groups in total. The van der Waals surface area contributed by atoms with Crippen LogP contribution in [0.15, 0.2) is 36.4 Å². The molecule has 1 nitrogen and oxygen atoms in total. The molecule has 0 fully saturated rings. The fourth-order valence-corrected chi connectivity index (χ4v) is 4.95. The van der Waals surface area contributed by atoms with Crippen molar-refractivity contribution >= 4 is 45.7 Å². The van der Waals surface area contributed by atoms with E-state index < -0.39 is 17.0 Å². The molecule has 0 amide bonds. The molecule has 0 aromatic heterocycles. The van der Waals surface area contributed by atoms with Crippen LogP contribution >= 0.6 is 35.1 Å². The van der Waals surface area contributed by atoms with Crippen molar-refractivity contribution in [3.63, 3.8) is 0 Å². The number of aryl methyl sites for hydroxylation is 2. The molecule has 2 aromatic carbocycles. The molecule has 0 spiro atoms. The Bertz CT molecular complexity index is 636. The number of benzene rings is 2. The average Bonchev–Trinajstić information content (AvgIpc) is 2.46. The molecule has 1 unspecified atom stereocenters. The first-order chi connectivity index (χ1) is 10.9. The van der Waals surface area contributed by atoms with Crippen molar-refractivity contribution in [3.05, 3.63) is 53.1 Å². The normalized spacial score (nSPS) is 10.7. The Balaban J connectivity index is 0.000000816. The monoisotopic (exact) mass is 423 g/mol. The zero-order chi connectivity index (χ0) is 17.4. The summed E-state index contributed by atoms with van der Waals surface area (Å²) in [6.45, 7) is 8.95. The van der Waals surface area contributed by atoms with Gasteiger partial charge in [-0.3, -0.25) is 0 Å². The summed E-state index contributed by atoms with van der Waals surface area (Å²) in [5, 5.41) is 12.5. The molecule has 2 rings (SSSR count). The van der Waals surface area contributed by atoms with E-state index >= 15 is 0 Å². The van der Waals surface area contributed by atoms with Gasteiger partial charge in [0.15, 0.2) is 0 Å². The van der Waals surface area contributed by atoms with Gasteiger partial charge in [0, 0.05) is 18.6 Å². The Morgan fingerprint density at radius 1 is 1.13 bits per heavy atom. The van der Waals surface area contributed by atoms with Gasteiger partial charge >= 0.3 is 35.6 Å². The summed E-state index contributed by atoms with van der Waals surface area (Å²) in [6, 6.07) is 12.5. The van der Waals surface area contributed by atoms with Gasteiger partial charge in [0.05, 0.1) is 6.16 Å². The molecule has 0 radical (unpaired) electrons. The third-order valence-electron chi connectivity index (χ3n) is 3.31. The van der Waals surface area contributed by atoms with Crippen molar-refractivity contribution < 1.29 is 22.1 Å². The molecule has 0 saturated carbocycles. The summed E-state index contributed by atoms with van der Waals surface area (Å²) in [5.41, 5.74) is 4.00. The van der Waals surface area contributed by atoms with Gasteiger partial charge in [0.2, 0.25) is 0 Å². The molecular formula is C17H23Cl2OP2Ti+. The second-order valence-electron chi connectivity index (χ2n) is 5.71. The van der Waals surface area contributed by atoms with E-state index in [1.54, 1.807) is 0 Å². The molecule has 0 aliphatic heterocycles. The number of phenolic OH excluding ortho intramolecular Hbond substituents is 1.